The molecule has 0 amide bonds. The van der Waals surface area contributed by atoms with E-state index in [0.717, 1.165) is 50.8 Å². The molecule has 2 N–H and O–H groups in total. The Labute approximate surface area is 149 Å². The highest BCUT2D eigenvalue weighted by Gasteiger charge is 2.11. The van der Waals surface area contributed by atoms with Crippen molar-refractivity contribution in [3.63, 3.8) is 0 Å². The Balaban J connectivity index is 1.71. The van der Waals surface area contributed by atoms with Crippen LogP contribution in [0.25, 0.3) is 28.1 Å². The molecule has 1 aromatic carbocycles. The van der Waals surface area contributed by atoms with E-state index < -0.39 is 5.97 Å². The molecular formula is C20H18N4O2. The Bertz CT molecular complexity index is 1170. The van der Waals surface area contributed by atoms with Crippen LogP contribution >= 0.6 is 0 Å². The van der Waals surface area contributed by atoms with Crippen LogP contribution < -0.4 is 0 Å². The summed E-state index contributed by atoms with van der Waals surface area (Å²) in [6, 6.07) is 10.1. The van der Waals surface area contributed by atoms with Gasteiger partial charge in [0.25, 0.3) is 0 Å². The second-order valence-electron chi connectivity index (χ2n) is 6.36. The van der Waals surface area contributed by atoms with E-state index in [9.17, 15) is 4.79 Å². The third-order valence-electron chi connectivity index (χ3n) is 4.48. The number of carboxylic acid groups (broad SMARTS) is 1. The second-order valence-corrected chi connectivity index (χ2v) is 6.36. The maximum absolute atomic E-state index is 10.7. The Kier molecular flexibility index (Phi) is 3.80. The van der Waals surface area contributed by atoms with Crippen LogP contribution in [0.2, 0.25) is 0 Å². The van der Waals surface area contributed by atoms with Gasteiger partial charge in [-0.15, -0.1) is 0 Å². The zero-order valence-electron chi connectivity index (χ0n) is 14.5. The summed E-state index contributed by atoms with van der Waals surface area (Å²) in [6.45, 7) is 4.71. The van der Waals surface area contributed by atoms with Gasteiger partial charge in [-0.3, -0.25) is 0 Å². The molecule has 0 saturated carbocycles. The second kappa shape index (κ2) is 6.15. The molecule has 4 aromatic rings. The average Bonchev–Trinajstić information content (AvgIpc) is 3.15. The Morgan fingerprint density at radius 2 is 2.12 bits per heavy atom. The predicted molar refractivity (Wildman–Crippen MR) is 101 cm³/mol. The first-order chi connectivity index (χ1) is 12.5. The van der Waals surface area contributed by atoms with Crippen LogP contribution in [0.5, 0.6) is 0 Å². The normalized spacial score (nSPS) is 11.8. The fourth-order valence-electron chi connectivity index (χ4n) is 3.17. The van der Waals surface area contributed by atoms with Crippen LogP contribution in [0.4, 0.5) is 0 Å². The number of hydrogen-bond donors (Lipinski definition) is 2. The summed E-state index contributed by atoms with van der Waals surface area (Å²) in [7, 11) is 0. The van der Waals surface area contributed by atoms with Crippen LogP contribution in [0, 0.1) is 13.8 Å². The van der Waals surface area contributed by atoms with Gasteiger partial charge in [-0.1, -0.05) is 6.07 Å². The molecule has 0 bridgehead atoms. The van der Waals surface area contributed by atoms with Gasteiger partial charge >= 0.3 is 5.97 Å². The van der Waals surface area contributed by atoms with E-state index in [0.29, 0.717) is 6.54 Å². The van der Waals surface area contributed by atoms with Crippen molar-refractivity contribution < 1.29 is 9.90 Å². The Hall–Kier alpha value is -3.41. The molecule has 3 aromatic heterocycles. The number of nitrogens with zero attached hydrogens (tertiary/aromatic N) is 3. The lowest BCUT2D eigenvalue weighted by Crippen LogP contribution is -2.02. The number of carbonyl (C=O) groups is 1. The number of H-pyrrole nitrogens is 1. The number of benzene rings is 1. The number of aromatic amines is 1. The summed E-state index contributed by atoms with van der Waals surface area (Å²) in [5, 5.41) is 9.79. The zero-order valence-corrected chi connectivity index (χ0v) is 14.5. The quantitative estimate of drug-likeness (QED) is 0.552. The molecule has 6 heteroatoms. The van der Waals surface area contributed by atoms with Gasteiger partial charge in [-0.05, 0) is 55.3 Å². The molecule has 0 aliphatic rings. The maximum atomic E-state index is 10.7. The number of rotatable bonds is 4. The van der Waals surface area contributed by atoms with Crippen molar-refractivity contribution in [3.8, 4) is 0 Å². The van der Waals surface area contributed by atoms with Crippen LogP contribution in [-0.2, 0) is 11.3 Å². The largest absolute Gasteiger partial charge is 0.478 e. The molecule has 0 aliphatic heterocycles. The minimum Gasteiger partial charge on any atom is -0.478 e. The number of aliphatic carboxylic acids is 1. The van der Waals surface area contributed by atoms with E-state index in [-0.39, 0.29) is 0 Å². The van der Waals surface area contributed by atoms with Gasteiger partial charge in [0.15, 0.2) is 5.65 Å². The number of imidazole rings is 1. The van der Waals surface area contributed by atoms with Gasteiger partial charge < -0.3 is 14.7 Å². The zero-order chi connectivity index (χ0) is 18.3. The number of aromatic nitrogens is 4. The van der Waals surface area contributed by atoms with Crippen molar-refractivity contribution in [1.82, 2.24) is 19.5 Å². The van der Waals surface area contributed by atoms with Crippen LogP contribution in [0.15, 0.2) is 42.6 Å². The van der Waals surface area contributed by atoms with Gasteiger partial charge in [0.1, 0.15) is 11.3 Å². The lowest BCUT2D eigenvalue weighted by atomic mass is 10.1. The molecule has 0 spiro atoms. The van der Waals surface area contributed by atoms with Crippen molar-refractivity contribution in [2.24, 2.45) is 0 Å². The van der Waals surface area contributed by atoms with Gasteiger partial charge in [0.05, 0.1) is 6.54 Å². The molecule has 0 atom stereocenters. The molecule has 0 fully saturated rings. The summed E-state index contributed by atoms with van der Waals surface area (Å²) in [6.07, 6.45) is 4.49. The standard InChI is InChI=1S/C20H18N4O2/c1-12-7-8-21-20-19(12)22-13(2)24(20)11-14-3-5-17-15(9-14)10-16(23-17)4-6-18(25)26/h3-10,23H,11H2,1-2H3,(H,25,26). The molecule has 0 saturated heterocycles. The predicted octanol–water partition coefficient (Wildman–Crippen LogP) is 3.68. The summed E-state index contributed by atoms with van der Waals surface area (Å²) >= 11 is 0. The molecule has 26 heavy (non-hydrogen) atoms. The van der Waals surface area contributed by atoms with E-state index >= 15 is 0 Å². The van der Waals surface area contributed by atoms with Gasteiger partial charge in [0.2, 0.25) is 0 Å². The average molecular weight is 346 g/mol. The monoisotopic (exact) mass is 346 g/mol. The van der Waals surface area contributed by atoms with Crippen LogP contribution in [-0.4, -0.2) is 30.6 Å². The number of carboxylic acids is 1. The summed E-state index contributed by atoms with van der Waals surface area (Å²) in [5.41, 5.74) is 5.82. The first-order valence-electron chi connectivity index (χ1n) is 8.32. The highest BCUT2D eigenvalue weighted by atomic mass is 16.4. The number of pyridine rings is 1. The third kappa shape index (κ3) is 2.86. The van der Waals surface area contributed by atoms with Crippen molar-refractivity contribution in [2.75, 3.05) is 0 Å². The summed E-state index contributed by atoms with van der Waals surface area (Å²) < 4.78 is 2.11. The fourth-order valence-corrected chi connectivity index (χ4v) is 3.17. The molecule has 4 rings (SSSR count). The van der Waals surface area contributed by atoms with Crippen molar-refractivity contribution in [3.05, 3.63) is 65.2 Å². The highest BCUT2D eigenvalue weighted by Crippen LogP contribution is 2.22. The Morgan fingerprint density at radius 1 is 1.27 bits per heavy atom. The number of nitrogens with one attached hydrogen (secondary N) is 1. The molecule has 6 nitrogen and oxygen atoms in total. The summed E-state index contributed by atoms with van der Waals surface area (Å²) in [4.78, 5) is 23.0. The molecule has 0 radical (unpaired) electrons. The topological polar surface area (TPSA) is 83.8 Å². The third-order valence-corrected chi connectivity index (χ3v) is 4.48. The minimum absolute atomic E-state index is 0.681. The SMILES string of the molecule is Cc1ccnc2c1nc(C)n2Cc1ccc2[nH]c(C=CC(=O)O)cc2c1. The van der Waals surface area contributed by atoms with Crippen LogP contribution in [0.3, 0.4) is 0 Å². The van der Waals surface area contributed by atoms with E-state index in [1.54, 1.807) is 6.08 Å². The van der Waals surface area contributed by atoms with E-state index in [2.05, 4.69) is 31.7 Å². The lowest BCUT2D eigenvalue weighted by Gasteiger charge is -2.07. The smallest absolute Gasteiger partial charge is 0.328 e. The molecule has 3 heterocycles. The highest BCUT2D eigenvalue weighted by molar-refractivity contribution is 5.88. The fraction of sp³-hybridized carbons (Fsp3) is 0.150. The number of aryl methyl sites for hydroxylation is 2. The van der Waals surface area contributed by atoms with Crippen molar-refractivity contribution >= 4 is 34.1 Å². The number of hydrogen-bond acceptors (Lipinski definition) is 3. The van der Waals surface area contributed by atoms with Gasteiger partial charge in [0, 0.05) is 28.9 Å². The van der Waals surface area contributed by atoms with E-state index in [4.69, 9.17) is 5.11 Å². The molecule has 0 unspecified atom stereocenters. The van der Waals surface area contributed by atoms with Gasteiger partial charge in [-0.2, -0.15) is 0 Å². The Morgan fingerprint density at radius 3 is 2.92 bits per heavy atom. The van der Waals surface area contributed by atoms with Crippen molar-refractivity contribution in [1.29, 1.82) is 0 Å². The van der Waals surface area contributed by atoms with Crippen LogP contribution in [0.1, 0.15) is 22.6 Å². The van der Waals surface area contributed by atoms with Crippen molar-refractivity contribution in [2.45, 2.75) is 20.4 Å². The number of fused-ring (bicyclic) bond motifs is 2. The molecule has 130 valence electrons. The molecular weight excluding hydrogens is 328 g/mol. The maximum Gasteiger partial charge on any atom is 0.328 e. The lowest BCUT2D eigenvalue weighted by molar-refractivity contribution is -0.131. The molecule has 0 aliphatic carbocycles. The first kappa shape index (κ1) is 16.1. The van der Waals surface area contributed by atoms with Gasteiger partial charge in [-0.25, -0.2) is 14.8 Å². The first-order valence-corrected chi connectivity index (χ1v) is 8.32. The summed E-state index contributed by atoms with van der Waals surface area (Å²) in [5.74, 6) is -0.0318. The van der Waals surface area contributed by atoms with E-state index in [1.165, 1.54) is 0 Å². The van der Waals surface area contributed by atoms with E-state index in [1.807, 2.05) is 38.2 Å². The minimum atomic E-state index is -0.963.